The summed E-state index contributed by atoms with van der Waals surface area (Å²) in [4.78, 5) is 9.07. The van der Waals surface area contributed by atoms with E-state index in [4.69, 9.17) is 0 Å². The van der Waals surface area contributed by atoms with Crippen molar-refractivity contribution in [1.82, 2.24) is 9.97 Å². The molecule has 5 heteroatoms. The molecule has 0 unspecified atom stereocenters. The first-order valence-corrected chi connectivity index (χ1v) is 6.87. The van der Waals surface area contributed by atoms with Gasteiger partial charge in [-0.2, -0.15) is 0 Å². The Morgan fingerprint density at radius 2 is 1.75 bits per heavy atom. The lowest BCUT2D eigenvalue weighted by Gasteiger charge is -2.17. The molecular weight excluding hydrogens is 273 g/mol. The molecule has 106 valence electrons. The van der Waals surface area contributed by atoms with Crippen molar-refractivity contribution in [3.63, 3.8) is 0 Å². The zero-order valence-electron chi connectivity index (χ0n) is 12.1. The minimum absolute atomic E-state index is 0.254. The van der Waals surface area contributed by atoms with Gasteiger partial charge in [0.2, 0.25) is 5.95 Å². The van der Waals surface area contributed by atoms with Gasteiger partial charge in [-0.15, -0.1) is 0 Å². The summed E-state index contributed by atoms with van der Waals surface area (Å²) in [6, 6.07) is 6.35. The maximum Gasteiger partial charge on any atom is 0.235 e. The van der Waals surface area contributed by atoms with Crippen LogP contribution in [0.25, 0.3) is 11.3 Å². The Morgan fingerprint density at radius 3 is 2.25 bits per heavy atom. The molecule has 0 fully saturated rings. The Labute approximate surface area is 124 Å². The fraction of sp³-hybridized carbons (Fsp3) is 0.333. The second-order valence-corrected chi connectivity index (χ2v) is 5.67. The molecule has 0 saturated heterocycles. The molecular formula is C15H18FN3S. The average molecular weight is 291 g/mol. The van der Waals surface area contributed by atoms with Gasteiger partial charge < -0.3 is 0 Å². The van der Waals surface area contributed by atoms with Gasteiger partial charge in [-0.25, -0.2) is 14.4 Å². The maximum atomic E-state index is 13.1. The molecule has 0 aliphatic carbocycles. The van der Waals surface area contributed by atoms with Gasteiger partial charge in [0.15, 0.2) is 0 Å². The van der Waals surface area contributed by atoms with Crippen LogP contribution in [-0.4, -0.2) is 17.0 Å². The number of rotatable bonds is 3. The second-order valence-electron chi connectivity index (χ2n) is 5.07. The summed E-state index contributed by atoms with van der Waals surface area (Å²) >= 11 is 4.26. The van der Waals surface area contributed by atoms with Crippen molar-refractivity contribution < 1.29 is 4.39 Å². The smallest absolute Gasteiger partial charge is 0.235 e. The predicted octanol–water partition coefficient (Wildman–Crippen LogP) is 4.00. The van der Waals surface area contributed by atoms with Crippen molar-refractivity contribution in [3.05, 3.63) is 41.3 Å². The molecule has 0 N–H and O–H groups in total. The Balaban J connectivity index is 2.64. The first-order chi connectivity index (χ1) is 9.40. The molecule has 1 heterocycles. The summed E-state index contributed by atoms with van der Waals surface area (Å²) in [6.07, 6.45) is 0. The molecule has 0 bridgehead atoms. The molecule has 20 heavy (non-hydrogen) atoms. The quantitative estimate of drug-likeness (QED) is 0.867. The molecule has 2 aromatic rings. The van der Waals surface area contributed by atoms with Gasteiger partial charge in [0.25, 0.3) is 0 Å². The van der Waals surface area contributed by atoms with E-state index in [1.54, 1.807) is 23.5 Å². The van der Waals surface area contributed by atoms with E-state index < -0.39 is 0 Å². The van der Waals surface area contributed by atoms with Crippen molar-refractivity contribution in [1.29, 1.82) is 0 Å². The number of aromatic nitrogens is 2. The number of hydrogen-bond donors (Lipinski definition) is 1. The van der Waals surface area contributed by atoms with E-state index in [2.05, 4.69) is 36.6 Å². The van der Waals surface area contributed by atoms with Gasteiger partial charge in [-0.1, -0.05) is 26.7 Å². The van der Waals surface area contributed by atoms with Gasteiger partial charge in [0.05, 0.1) is 11.4 Å². The summed E-state index contributed by atoms with van der Waals surface area (Å²) in [7, 11) is 1.78. The first kappa shape index (κ1) is 14.8. The summed E-state index contributed by atoms with van der Waals surface area (Å²) in [5.41, 5.74) is 3.70. The van der Waals surface area contributed by atoms with Crippen LogP contribution in [-0.2, 0) is 0 Å². The molecule has 2 rings (SSSR count). The van der Waals surface area contributed by atoms with Gasteiger partial charge >= 0.3 is 0 Å². The molecule has 1 aromatic carbocycles. The van der Waals surface area contributed by atoms with Gasteiger partial charge in [-0.05, 0) is 42.7 Å². The van der Waals surface area contributed by atoms with Gasteiger partial charge in [0.1, 0.15) is 5.82 Å². The minimum Gasteiger partial charge on any atom is -0.290 e. The topological polar surface area (TPSA) is 29.0 Å². The van der Waals surface area contributed by atoms with Gasteiger partial charge in [-0.3, -0.25) is 4.31 Å². The van der Waals surface area contributed by atoms with Crippen LogP contribution >= 0.6 is 12.8 Å². The zero-order chi connectivity index (χ0) is 14.9. The van der Waals surface area contributed by atoms with Crippen molar-refractivity contribution in [3.8, 4) is 11.3 Å². The lowest BCUT2D eigenvalue weighted by atomic mass is 10.00. The number of anilines is 1. The molecule has 0 amide bonds. The Bertz CT molecular complexity index is 609. The number of halogens is 1. The third kappa shape index (κ3) is 2.93. The molecule has 0 saturated carbocycles. The SMILES string of the molecule is Cc1c(-c2ccc(F)cc2)nc(N(C)S)nc1C(C)C. The third-order valence-corrected chi connectivity index (χ3v) is 3.30. The highest BCUT2D eigenvalue weighted by molar-refractivity contribution is 7.81. The Hall–Kier alpha value is -1.62. The van der Waals surface area contributed by atoms with Crippen molar-refractivity contribution in [2.45, 2.75) is 26.7 Å². The minimum atomic E-state index is -0.254. The largest absolute Gasteiger partial charge is 0.290 e. The molecule has 0 aliphatic rings. The number of nitrogens with zero attached hydrogens (tertiary/aromatic N) is 3. The molecule has 0 atom stereocenters. The van der Waals surface area contributed by atoms with Crippen LogP contribution in [0.5, 0.6) is 0 Å². The lowest BCUT2D eigenvalue weighted by molar-refractivity contribution is 0.628. The summed E-state index contributed by atoms with van der Waals surface area (Å²) in [6.45, 7) is 6.18. The normalized spacial score (nSPS) is 10.9. The van der Waals surface area contributed by atoms with Crippen LogP contribution in [0.2, 0.25) is 0 Å². The first-order valence-electron chi connectivity index (χ1n) is 6.47. The number of thiol groups is 1. The number of benzene rings is 1. The van der Waals surface area contributed by atoms with E-state index in [1.807, 2.05) is 6.92 Å². The van der Waals surface area contributed by atoms with Crippen LogP contribution in [0.4, 0.5) is 10.3 Å². The predicted molar refractivity (Wildman–Crippen MR) is 83.6 cm³/mol. The highest BCUT2D eigenvalue weighted by atomic mass is 32.1. The standard InChI is InChI=1S/C15H18FN3S/c1-9(2)13-10(3)14(18-15(17-13)19(4)20)11-5-7-12(16)8-6-11/h5-9,20H,1-4H3. The van der Waals surface area contributed by atoms with E-state index in [-0.39, 0.29) is 11.7 Å². The van der Waals surface area contributed by atoms with Crippen LogP contribution in [0.3, 0.4) is 0 Å². The van der Waals surface area contributed by atoms with E-state index >= 15 is 0 Å². The van der Waals surface area contributed by atoms with Crippen molar-refractivity contribution >= 4 is 18.8 Å². The van der Waals surface area contributed by atoms with Crippen LogP contribution < -0.4 is 4.31 Å². The van der Waals surface area contributed by atoms with E-state index in [9.17, 15) is 4.39 Å². The maximum absolute atomic E-state index is 13.1. The zero-order valence-corrected chi connectivity index (χ0v) is 12.9. The summed E-state index contributed by atoms with van der Waals surface area (Å²) < 4.78 is 14.6. The average Bonchev–Trinajstić information content (AvgIpc) is 2.39. The summed E-state index contributed by atoms with van der Waals surface area (Å²) in [5.74, 6) is 0.572. The van der Waals surface area contributed by atoms with Crippen LogP contribution in [0.1, 0.15) is 31.0 Å². The molecule has 1 aromatic heterocycles. The van der Waals surface area contributed by atoms with E-state index in [0.717, 1.165) is 22.5 Å². The van der Waals surface area contributed by atoms with Crippen LogP contribution in [0.15, 0.2) is 24.3 Å². The highest BCUT2D eigenvalue weighted by Gasteiger charge is 2.16. The molecule has 3 nitrogen and oxygen atoms in total. The van der Waals surface area contributed by atoms with Gasteiger partial charge in [0, 0.05) is 12.6 Å². The van der Waals surface area contributed by atoms with E-state index in [1.165, 1.54) is 12.1 Å². The second kappa shape index (κ2) is 5.79. The molecule has 0 aliphatic heterocycles. The van der Waals surface area contributed by atoms with E-state index in [0.29, 0.717) is 5.95 Å². The fourth-order valence-corrected chi connectivity index (χ4v) is 2.21. The molecule has 0 spiro atoms. The Morgan fingerprint density at radius 1 is 1.15 bits per heavy atom. The van der Waals surface area contributed by atoms with Crippen LogP contribution in [0, 0.1) is 12.7 Å². The number of hydrogen-bond acceptors (Lipinski definition) is 4. The lowest BCUT2D eigenvalue weighted by Crippen LogP contribution is -2.11. The monoisotopic (exact) mass is 291 g/mol. The Kier molecular flexibility index (Phi) is 4.28. The highest BCUT2D eigenvalue weighted by Crippen LogP contribution is 2.29. The third-order valence-electron chi connectivity index (χ3n) is 3.13. The fourth-order valence-electron chi connectivity index (χ4n) is 2.12. The summed E-state index contributed by atoms with van der Waals surface area (Å²) in [5, 5.41) is 0. The van der Waals surface area contributed by atoms with Crippen molar-refractivity contribution in [2.24, 2.45) is 0 Å². The van der Waals surface area contributed by atoms with Crippen molar-refractivity contribution in [2.75, 3.05) is 11.4 Å². The molecule has 0 radical (unpaired) electrons.